The van der Waals surface area contributed by atoms with E-state index in [0.717, 1.165) is 18.4 Å². The van der Waals surface area contributed by atoms with E-state index in [4.69, 9.17) is 5.73 Å². The quantitative estimate of drug-likeness (QED) is 0.523. The largest absolute Gasteiger partial charge is 0.573 e. The number of phenolic OH excluding ortho intramolecular Hbond substituents is 1. The van der Waals surface area contributed by atoms with Crippen LogP contribution in [0.1, 0.15) is 29.4 Å². The minimum absolute atomic E-state index is 0.0709. The number of halogens is 3. The zero-order valence-corrected chi connectivity index (χ0v) is 17.0. The molecule has 1 atom stereocenters. The van der Waals surface area contributed by atoms with Crippen LogP contribution in [0.2, 0.25) is 0 Å². The van der Waals surface area contributed by atoms with Crippen LogP contribution in [-0.2, 0) is 0 Å². The smallest absolute Gasteiger partial charge is 0.508 e. The summed E-state index contributed by atoms with van der Waals surface area (Å²) in [4.78, 5) is 12.7. The Morgan fingerprint density at radius 1 is 1.12 bits per heavy atom. The Morgan fingerprint density at radius 3 is 2.56 bits per heavy atom. The highest BCUT2D eigenvalue weighted by Gasteiger charge is 2.32. The van der Waals surface area contributed by atoms with Crippen molar-refractivity contribution < 1.29 is 27.8 Å². The molecule has 4 rings (SSSR count). The summed E-state index contributed by atoms with van der Waals surface area (Å²) in [7, 11) is 0. The van der Waals surface area contributed by atoms with Crippen molar-refractivity contribution in [3.8, 4) is 33.9 Å². The summed E-state index contributed by atoms with van der Waals surface area (Å²) in [5.41, 5.74) is 8.57. The number of carbonyl (C=O) groups excluding carboxylic acids is 1. The van der Waals surface area contributed by atoms with E-state index < -0.39 is 6.36 Å². The fourth-order valence-electron chi connectivity index (χ4n) is 4.05. The molecule has 3 aromatic rings. The maximum atomic E-state index is 12.8. The molecule has 0 radical (unpaired) electrons. The molecular formula is C23H22F3N3O3. The van der Waals surface area contributed by atoms with Gasteiger partial charge in [-0.2, -0.15) is 0 Å². The average molecular weight is 445 g/mol. The highest BCUT2D eigenvalue weighted by atomic mass is 19.4. The minimum atomic E-state index is -4.81. The molecule has 0 unspecified atom stereocenters. The van der Waals surface area contributed by atoms with Gasteiger partial charge in [-0.15, -0.1) is 13.2 Å². The van der Waals surface area contributed by atoms with Crippen molar-refractivity contribution >= 4 is 5.91 Å². The second kappa shape index (κ2) is 8.58. The number of hydrogen-bond acceptors (Lipinski definition) is 4. The lowest BCUT2D eigenvalue weighted by Gasteiger charge is -2.29. The fourth-order valence-corrected chi connectivity index (χ4v) is 4.05. The van der Waals surface area contributed by atoms with Crippen LogP contribution in [0.5, 0.6) is 11.5 Å². The molecular weight excluding hydrogens is 423 g/mol. The maximum Gasteiger partial charge on any atom is 0.573 e. The Bertz CT molecular complexity index is 1120. The predicted octanol–water partition coefficient (Wildman–Crippen LogP) is 4.45. The van der Waals surface area contributed by atoms with Gasteiger partial charge in [-0.25, -0.2) is 0 Å². The molecule has 2 heterocycles. The van der Waals surface area contributed by atoms with Gasteiger partial charge in [0.25, 0.3) is 5.91 Å². The number of carbonyl (C=O) groups is 1. The first kappa shape index (κ1) is 21.8. The molecule has 6 nitrogen and oxygen atoms in total. The van der Waals surface area contributed by atoms with E-state index in [1.807, 2.05) is 4.57 Å². The van der Waals surface area contributed by atoms with Crippen LogP contribution in [0.25, 0.3) is 22.4 Å². The number of ether oxygens (including phenoxy) is 1. The van der Waals surface area contributed by atoms with Crippen LogP contribution in [0.3, 0.4) is 0 Å². The number of phenols is 1. The van der Waals surface area contributed by atoms with E-state index in [2.05, 4.69) is 10.1 Å². The van der Waals surface area contributed by atoms with Crippen molar-refractivity contribution in [2.45, 2.75) is 25.2 Å². The Morgan fingerprint density at radius 2 is 1.88 bits per heavy atom. The summed E-state index contributed by atoms with van der Waals surface area (Å²) < 4.78 is 44.3. The number of aromatic hydroxyl groups is 1. The van der Waals surface area contributed by atoms with Crippen molar-refractivity contribution in [1.82, 2.24) is 9.88 Å². The van der Waals surface area contributed by atoms with Gasteiger partial charge >= 0.3 is 6.36 Å². The minimum Gasteiger partial charge on any atom is -0.508 e. The van der Waals surface area contributed by atoms with Crippen LogP contribution in [0, 0.1) is 0 Å². The van der Waals surface area contributed by atoms with Crippen LogP contribution in [-0.4, -0.2) is 35.0 Å². The van der Waals surface area contributed by atoms with Gasteiger partial charge in [0.15, 0.2) is 0 Å². The maximum absolute atomic E-state index is 12.8. The molecule has 2 aromatic carbocycles. The second-order valence-corrected chi connectivity index (χ2v) is 7.58. The zero-order chi connectivity index (χ0) is 22.9. The number of nitrogens with zero attached hydrogens (tertiary/aromatic N) is 1. The first-order valence-electron chi connectivity index (χ1n) is 10.2. The Balaban J connectivity index is 1.91. The molecule has 0 bridgehead atoms. The summed E-state index contributed by atoms with van der Waals surface area (Å²) >= 11 is 0. The van der Waals surface area contributed by atoms with E-state index in [-0.39, 0.29) is 23.4 Å². The summed E-state index contributed by atoms with van der Waals surface area (Å²) in [6, 6.07) is 13.8. The lowest BCUT2D eigenvalue weighted by atomic mass is 10.00. The molecule has 1 amide bonds. The highest BCUT2D eigenvalue weighted by Crippen LogP contribution is 2.41. The molecule has 0 saturated carbocycles. The van der Waals surface area contributed by atoms with Gasteiger partial charge in [-0.1, -0.05) is 12.1 Å². The molecule has 32 heavy (non-hydrogen) atoms. The number of hydrogen-bond donors (Lipinski definition) is 3. The summed E-state index contributed by atoms with van der Waals surface area (Å²) in [6.45, 7) is 0.918. The van der Waals surface area contributed by atoms with Gasteiger partial charge in [-0.05, 0) is 73.0 Å². The summed E-state index contributed by atoms with van der Waals surface area (Å²) in [6.07, 6.45) is -3.34. The first-order chi connectivity index (χ1) is 15.3. The van der Waals surface area contributed by atoms with Gasteiger partial charge < -0.3 is 25.5 Å². The van der Waals surface area contributed by atoms with E-state index in [0.29, 0.717) is 35.6 Å². The third-order valence-corrected chi connectivity index (χ3v) is 5.39. The van der Waals surface area contributed by atoms with Crippen molar-refractivity contribution in [2.24, 2.45) is 5.73 Å². The van der Waals surface area contributed by atoms with Crippen LogP contribution in [0.4, 0.5) is 13.2 Å². The van der Waals surface area contributed by atoms with E-state index in [1.165, 1.54) is 30.3 Å². The Labute approximate surface area is 182 Å². The van der Waals surface area contributed by atoms with Crippen LogP contribution < -0.4 is 15.8 Å². The SMILES string of the molecule is NCCC[C@H]1CNC(=O)c2cc(-c3cccc(OC(F)(F)F)c3)c(-c3ccc(O)cc3)n21. The van der Waals surface area contributed by atoms with Crippen molar-refractivity contribution in [3.05, 3.63) is 60.3 Å². The molecule has 1 aromatic heterocycles. The number of nitrogens with two attached hydrogens (primary N) is 1. The molecule has 1 aliphatic rings. The monoisotopic (exact) mass is 445 g/mol. The van der Waals surface area contributed by atoms with E-state index >= 15 is 0 Å². The molecule has 168 valence electrons. The summed E-state index contributed by atoms with van der Waals surface area (Å²) in [5, 5.41) is 12.6. The number of amides is 1. The van der Waals surface area contributed by atoms with Crippen LogP contribution >= 0.6 is 0 Å². The number of nitrogens with one attached hydrogen (secondary N) is 1. The second-order valence-electron chi connectivity index (χ2n) is 7.58. The lowest BCUT2D eigenvalue weighted by molar-refractivity contribution is -0.274. The van der Waals surface area contributed by atoms with Gasteiger partial charge in [0.2, 0.25) is 0 Å². The van der Waals surface area contributed by atoms with E-state index in [1.54, 1.807) is 24.3 Å². The average Bonchev–Trinajstić information content (AvgIpc) is 3.15. The van der Waals surface area contributed by atoms with Gasteiger partial charge in [0, 0.05) is 12.1 Å². The van der Waals surface area contributed by atoms with Gasteiger partial charge in [0.05, 0.1) is 11.7 Å². The highest BCUT2D eigenvalue weighted by molar-refractivity contribution is 5.98. The lowest BCUT2D eigenvalue weighted by Crippen LogP contribution is -2.39. The third kappa shape index (κ3) is 4.43. The normalized spacial score (nSPS) is 15.9. The van der Waals surface area contributed by atoms with Crippen LogP contribution in [0.15, 0.2) is 54.6 Å². The number of rotatable bonds is 6. The number of aromatic nitrogens is 1. The number of fused-ring (bicyclic) bond motifs is 1. The Hall–Kier alpha value is -3.46. The summed E-state index contributed by atoms with van der Waals surface area (Å²) in [5.74, 6) is -0.526. The van der Waals surface area contributed by atoms with Crippen molar-refractivity contribution in [3.63, 3.8) is 0 Å². The van der Waals surface area contributed by atoms with Gasteiger partial charge in [-0.3, -0.25) is 4.79 Å². The van der Waals surface area contributed by atoms with E-state index in [9.17, 15) is 23.1 Å². The first-order valence-corrected chi connectivity index (χ1v) is 10.2. The Kier molecular flexibility index (Phi) is 5.84. The van der Waals surface area contributed by atoms with Gasteiger partial charge in [0.1, 0.15) is 17.2 Å². The standard InChI is InChI=1S/C23H22F3N3O3/c24-23(25,26)32-18-5-1-3-15(11-18)19-12-20-22(31)28-13-16(4-2-10-27)29(20)21(19)14-6-8-17(30)9-7-14/h1,3,5-9,11-12,16,30H,2,4,10,13,27H2,(H,28,31)/t16-/m0/s1. The van der Waals surface area contributed by atoms with Crippen molar-refractivity contribution in [1.29, 1.82) is 0 Å². The topological polar surface area (TPSA) is 89.5 Å². The predicted molar refractivity (Wildman–Crippen MR) is 113 cm³/mol. The fraction of sp³-hybridized carbons (Fsp3) is 0.261. The van der Waals surface area contributed by atoms with Crippen molar-refractivity contribution in [2.75, 3.05) is 13.1 Å². The zero-order valence-electron chi connectivity index (χ0n) is 17.0. The number of alkyl halides is 3. The molecule has 9 heteroatoms. The molecule has 0 fully saturated rings. The third-order valence-electron chi connectivity index (χ3n) is 5.39. The number of benzene rings is 2. The molecule has 0 saturated heterocycles. The molecule has 1 aliphatic heterocycles. The molecule has 0 spiro atoms. The molecule has 0 aliphatic carbocycles. The molecule has 4 N–H and O–H groups in total.